The van der Waals surface area contributed by atoms with Gasteiger partial charge < -0.3 is 15.5 Å². The van der Waals surface area contributed by atoms with E-state index >= 15 is 0 Å². The van der Waals surface area contributed by atoms with Gasteiger partial charge in [-0.2, -0.15) is 0 Å². The summed E-state index contributed by atoms with van der Waals surface area (Å²) in [6.45, 7) is 1.67. The predicted molar refractivity (Wildman–Crippen MR) is 63.6 cm³/mol. The van der Waals surface area contributed by atoms with E-state index in [4.69, 9.17) is 16.7 Å². The molecule has 4 heteroatoms. The molecule has 1 aromatic rings. The van der Waals surface area contributed by atoms with Crippen molar-refractivity contribution in [2.24, 2.45) is 5.92 Å². The third-order valence-corrected chi connectivity index (χ3v) is 3.29. The van der Waals surface area contributed by atoms with Gasteiger partial charge in [0.05, 0.1) is 11.1 Å². The summed E-state index contributed by atoms with van der Waals surface area (Å²) < 4.78 is 0. The maximum atomic E-state index is 9.25. The Morgan fingerprint density at radius 2 is 2.12 bits per heavy atom. The highest BCUT2D eigenvalue weighted by Gasteiger charge is 2.26. The van der Waals surface area contributed by atoms with Crippen molar-refractivity contribution in [2.45, 2.75) is 25.5 Å². The molecule has 3 N–H and O–H groups in total. The molecule has 0 heterocycles. The zero-order valence-electron chi connectivity index (χ0n) is 8.99. The van der Waals surface area contributed by atoms with Crippen molar-refractivity contribution in [2.75, 3.05) is 6.54 Å². The highest BCUT2D eigenvalue weighted by molar-refractivity contribution is 6.32. The normalized spacial score (nSPS) is 24.1. The first kappa shape index (κ1) is 11.7. The van der Waals surface area contributed by atoms with Crippen LogP contribution in [0.2, 0.25) is 5.02 Å². The van der Waals surface area contributed by atoms with Crippen LogP contribution in [0.25, 0.3) is 0 Å². The second kappa shape index (κ2) is 5.04. The average Bonchev–Trinajstić information content (AvgIpc) is 2.21. The molecule has 2 rings (SSSR count). The zero-order chi connectivity index (χ0) is 11.5. The Balaban J connectivity index is 1.74. The molecule has 1 aliphatic carbocycles. The lowest BCUT2D eigenvalue weighted by atomic mass is 9.82. The second-order valence-corrected chi connectivity index (χ2v) is 4.82. The molecule has 16 heavy (non-hydrogen) atoms. The smallest absolute Gasteiger partial charge is 0.134 e. The number of phenolic OH excluding ortho intramolecular Hbond substituents is 1. The van der Waals surface area contributed by atoms with Gasteiger partial charge in [-0.3, -0.25) is 0 Å². The highest BCUT2D eigenvalue weighted by Crippen LogP contribution is 2.26. The van der Waals surface area contributed by atoms with Crippen molar-refractivity contribution in [3.05, 3.63) is 28.8 Å². The molecule has 0 atom stereocenters. The standard InChI is InChI=1S/C12H16ClNO2/c13-11-5-8(1-2-12(11)16)6-14-7-9-3-10(15)4-9/h1-2,5,9-10,14-16H,3-4,6-7H2. The first-order valence-corrected chi connectivity index (χ1v) is 5.89. The van der Waals surface area contributed by atoms with Crippen LogP contribution >= 0.6 is 11.6 Å². The van der Waals surface area contributed by atoms with E-state index in [0.717, 1.165) is 31.5 Å². The summed E-state index contributed by atoms with van der Waals surface area (Å²) in [5.41, 5.74) is 1.06. The van der Waals surface area contributed by atoms with Crippen molar-refractivity contribution in [1.29, 1.82) is 0 Å². The lowest BCUT2D eigenvalue weighted by molar-refractivity contribution is 0.0430. The minimum absolute atomic E-state index is 0.0880. The van der Waals surface area contributed by atoms with Crippen molar-refractivity contribution >= 4 is 11.6 Å². The number of aromatic hydroxyl groups is 1. The van der Waals surface area contributed by atoms with Crippen molar-refractivity contribution in [1.82, 2.24) is 5.32 Å². The number of rotatable bonds is 4. The molecule has 0 bridgehead atoms. The van der Waals surface area contributed by atoms with Gasteiger partial charge in [-0.1, -0.05) is 17.7 Å². The Labute approximate surface area is 100 Å². The number of halogens is 1. The number of aliphatic hydroxyl groups is 1. The molecule has 0 aromatic heterocycles. The van der Waals surface area contributed by atoms with Gasteiger partial charge in [0.15, 0.2) is 0 Å². The molecule has 0 radical (unpaired) electrons. The van der Waals surface area contributed by atoms with E-state index < -0.39 is 0 Å². The maximum Gasteiger partial charge on any atom is 0.134 e. The quantitative estimate of drug-likeness (QED) is 0.755. The number of phenols is 1. The summed E-state index contributed by atoms with van der Waals surface area (Å²) in [5.74, 6) is 0.718. The third kappa shape index (κ3) is 2.88. The van der Waals surface area contributed by atoms with Crippen molar-refractivity contribution in [3.8, 4) is 5.75 Å². The summed E-state index contributed by atoms with van der Waals surface area (Å²) >= 11 is 5.80. The Morgan fingerprint density at radius 1 is 1.38 bits per heavy atom. The first-order valence-electron chi connectivity index (χ1n) is 5.51. The number of aliphatic hydroxyl groups excluding tert-OH is 1. The fourth-order valence-electron chi connectivity index (χ4n) is 1.95. The topological polar surface area (TPSA) is 52.5 Å². The van der Waals surface area contributed by atoms with Gasteiger partial charge in [0.2, 0.25) is 0 Å². The predicted octanol–water partition coefficient (Wildman–Crippen LogP) is 1.91. The monoisotopic (exact) mass is 241 g/mol. The van der Waals surface area contributed by atoms with E-state index in [9.17, 15) is 5.11 Å². The second-order valence-electron chi connectivity index (χ2n) is 4.41. The number of hydrogen-bond acceptors (Lipinski definition) is 3. The molecular weight excluding hydrogens is 226 g/mol. The molecule has 1 aromatic carbocycles. The van der Waals surface area contributed by atoms with Crippen LogP contribution < -0.4 is 5.32 Å². The van der Waals surface area contributed by atoms with Crippen molar-refractivity contribution < 1.29 is 10.2 Å². The largest absolute Gasteiger partial charge is 0.506 e. The molecule has 0 amide bonds. The van der Waals surface area contributed by atoms with E-state index in [1.165, 1.54) is 0 Å². The van der Waals surface area contributed by atoms with Crippen LogP contribution in [0.4, 0.5) is 0 Å². The van der Waals surface area contributed by atoms with Gasteiger partial charge in [-0.25, -0.2) is 0 Å². The zero-order valence-corrected chi connectivity index (χ0v) is 9.74. The minimum Gasteiger partial charge on any atom is -0.506 e. The summed E-state index contributed by atoms with van der Waals surface area (Å²) in [6.07, 6.45) is 1.72. The van der Waals surface area contributed by atoms with Gasteiger partial charge in [-0.15, -0.1) is 0 Å². The molecule has 0 unspecified atom stereocenters. The summed E-state index contributed by atoms with van der Waals surface area (Å²) in [5, 5.41) is 22.1. The Morgan fingerprint density at radius 3 is 2.75 bits per heavy atom. The Bertz CT molecular complexity index is 364. The molecular formula is C12H16ClNO2. The van der Waals surface area contributed by atoms with Crippen molar-refractivity contribution in [3.63, 3.8) is 0 Å². The summed E-state index contributed by atoms with van der Waals surface area (Å²) in [7, 11) is 0. The average molecular weight is 242 g/mol. The summed E-state index contributed by atoms with van der Waals surface area (Å²) in [4.78, 5) is 0. The van der Waals surface area contributed by atoms with Crippen LogP contribution in [0.1, 0.15) is 18.4 Å². The van der Waals surface area contributed by atoms with Gasteiger partial charge in [0.1, 0.15) is 5.75 Å². The molecule has 1 aliphatic rings. The van der Waals surface area contributed by atoms with E-state index in [1.54, 1.807) is 12.1 Å². The molecule has 88 valence electrons. The molecule has 3 nitrogen and oxygen atoms in total. The van der Waals surface area contributed by atoms with Crippen LogP contribution in [-0.4, -0.2) is 22.9 Å². The van der Waals surface area contributed by atoms with Gasteiger partial charge in [-0.05, 0) is 43.0 Å². The summed E-state index contributed by atoms with van der Waals surface area (Å²) in [6, 6.07) is 5.22. The van der Waals surface area contributed by atoms with E-state index in [2.05, 4.69) is 5.32 Å². The van der Waals surface area contributed by atoms with Crippen LogP contribution in [0.15, 0.2) is 18.2 Å². The number of benzene rings is 1. The van der Waals surface area contributed by atoms with Crippen LogP contribution in [0, 0.1) is 5.92 Å². The van der Waals surface area contributed by atoms with Crippen LogP contribution in [0.5, 0.6) is 5.75 Å². The lowest BCUT2D eigenvalue weighted by Crippen LogP contribution is -2.35. The molecule has 1 saturated carbocycles. The van der Waals surface area contributed by atoms with Crippen LogP contribution in [0.3, 0.4) is 0 Å². The highest BCUT2D eigenvalue weighted by atomic mass is 35.5. The molecule has 0 saturated heterocycles. The Kier molecular flexibility index (Phi) is 3.69. The fourth-order valence-corrected chi connectivity index (χ4v) is 2.15. The lowest BCUT2D eigenvalue weighted by Gasteiger charge is -2.31. The SMILES string of the molecule is Oc1ccc(CNCC2CC(O)C2)cc1Cl. The first-order chi connectivity index (χ1) is 7.65. The minimum atomic E-state index is -0.0880. The maximum absolute atomic E-state index is 9.25. The van der Waals surface area contributed by atoms with E-state index in [1.807, 2.05) is 6.07 Å². The van der Waals surface area contributed by atoms with E-state index in [0.29, 0.717) is 10.9 Å². The molecule has 0 spiro atoms. The van der Waals surface area contributed by atoms with E-state index in [-0.39, 0.29) is 11.9 Å². The van der Waals surface area contributed by atoms with Crippen LogP contribution in [-0.2, 0) is 6.54 Å². The Hall–Kier alpha value is -0.770. The number of hydrogen-bond donors (Lipinski definition) is 3. The number of nitrogens with one attached hydrogen (secondary N) is 1. The fraction of sp³-hybridized carbons (Fsp3) is 0.500. The van der Waals surface area contributed by atoms with Gasteiger partial charge in [0.25, 0.3) is 0 Å². The third-order valence-electron chi connectivity index (χ3n) is 2.99. The molecule has 0 aliphatic heterocycles. The molecule has 1 fully saturated rings. The van der Waals surface area contributed by atoms with Gasteiger partial charge in [0, 0.05) is 6.54 Å². The van der Waals surface area contributed by atoms with Gasteiger partial charge >= 0.3 is 0 Å².